The number of fused-ring (bicyclic) bond motifs is 2. The Balaban J connectivity index is 1.36. The molecule has 34 heavy (non-hydrogen) atoms. The molecule has 3 aromatic carbocycles. The predicted molar refractivity (Wildman–Crippen MR) is 125 cm³/mol. The van der Waals surface area contributed by atoms with E-state index >= 15 is 0 Å². The van der Waals surface area contributed by atoms with Crippen LogP contribution in [0.5, 0.6) is 5.75 Å². The molecule has 3 aromatic rings. The lowest BCUT2D eigenvalue weighted by Crippen LogP contribution is -2.11. The standard InChI is InChI=1S/C26H25NO6S/c1-2-25(28)33-26-21-11-8-18(14-17(21)15-31-26)32-24-13-12-22-20(4-3-5-23(22)24)16-6-9-19(10-7-16)34(27,29)30/h3-11,14,24,26H,2,12-13,15H2,1H3,(H2,27,29,30)/t24-,26+/m1/s1. The molecule has 2 N–H and O–H groups in total. The van der Waals surface area contributed by atoms with Crippen molar-refractivity contribution in [3.8, 4) is 16.9 Å². The second kappa shape index (κ2) is 8.87. The lowest BCUT2D eigenvalue weighted by atomic mass is 9.97. The minimum absolute atomic E-state index is 0.0901. The van der Waals surface area contributed by atoms with Gasteiger partial charge in [-0.15, -0.1) is 0 Å². The van der Waals surface area contributed by atoms with Crippen molar-refractivity contribution in [3.63, 3.8) is 0 Å². The Morgan fingerprint density at radius 1 is 1.09 bits per heavy atom. The predicted octanol–water partition coefficient (Wildman–Crippen LogP) is 4.55. The molecule has 0 spiro atoms. The molecule has 176 valence electrons. The van der Waals surface area contributed by atoms with Gasteiger partial charge in [0.25, 0.3) is 0 Å². The van der Waals surface area contributed by atoms with Gasteiger partial charge >= 0.3 is 5.97 Å². The Morgan fingerprint density at radius 3 is 2.62 bits per heavy atom. The number of hydrogen-bond acceptors (Lipinski definition) is 6. The minimum atomic E-state index is -3.73. The number of carbonyl (C=O) groups is 1. The van der Waals surface area contributed by atoms with E-state index in [0.29, 0.717) is 13.0 Å². The van der Waals surface area contributed by atoms with Gasteiger partial charge in [0.15, 0.2) is 0 Å². The normalized spacial score (nSPS) is 18.9. The number of carbonyl (C=O) groups excluding carboxylic acids is 1. The maximum atomic E-state index is 11.6. The summed E-state index contributed by atoms with van der Waals surface area (Å²) in [4.78, 5) is 11.7. The first kappa shape index (κ1) is 22.6. The summed E-state index contributed by atoms with van der Waals surface area (Å²) < 4.78 is 40.5. The summed E-state index contributed by atoms with van der Waals surface area (Å²) in [6.07, 6.45) is 1.25. The van der Waals surface area contributed by atoms with E-state index in [1.165, 1.54) is 17.7 Å². The number of sulfonamides is 1. The van der Waals surface area contributed by atoms with Crippen molar-refractivity contribution in [1.29, 1.82) is 0 Å². The van der Waals surface area contributed by atoms with Crippen LogP contribution in [0.1, 0.15) is 54.4 Å². The van der Waals surface area contributed by atoms with Crippen LogP contribution in [-0.2, 0) is 37.3 Å². The molecule has 0 amide bonds. The Bertz CT molecular complexity index is 1350. The van der Waals surface area contributed by atoms with Crippen molar-refractivity contribution in [1.82, 2.24) is 0 Å². The van der Waals surface area contributed by atoms with E-state index in [1.54, 1.807) is 19.1 Å². The van der Waals surface area contributed by atoms with Gasteiger partial charge in [0.1, 0.15) is 11.9 Å². The third-order valence-electron chi connectivity index (χ3n) is 6.27. The molecule has 0 fully saturated rings. The van der Waals surface area contributed by atoms with E-state index in [0.717, 1.165) is 46.4 Å². The number of hydrogen-bond donors (Lipinski definition) is 1. The highest BCUT2D eigenvalue weighted by molar-refractivity contribution is 7.89. The van der Waals surface area contributed by atoms with E-state index in [-0.39, 0.29) is 17.0 Å². The molecule has 8 heteroatoms. The third-order valence-corrected chi connectivity index (χ3v) is 7.20. The zero-order valence-corrected chi connectivity index (χ0v) is 19.5. The molecular weight excluding hydrogens is 454 g/mol. The fraction of sp³-hybridized carbons (Fsp3) is 0.269. The summed E-state index contributed by atoms with van der Waals surface area (Å²) in [5, 5.41) is 5.22. The van der Waals surface area contributed by atoms with Crippen molar-refractivity contribution < 1.29 is 27.4 Å². The van der Waals surface area contributed by atoms with Gasteiger partial charge in [-0.3, -0.25) is 4.79 Å². The SMILES string of the molecule is CCC(=O)O[C@@H]1OCc2cc(O[C@@H]3CCc4c(-c5ccc(S(N)(=O)=O)cc5)cccc43)ccc21. The number of ether oxygens (including phenoxy) is 3. The molecule has 2 atom stereocenters. The molecule has 2 aliphatic rings. The van der Waals surface area contributed by atoms with Gasteiger partial charge in [0.2, 0.25) is 16.3 Å². The van der Waals surface area contributed by atoms with E-state index in [4.69, 9.17) is 19.3 Å². The minimum Gasteiger partial charge on any atom is -0.486 e. The molecule has 1 aliphatic heterocycles. The zero-order valence-electron chi connectivity index (χ0n) is 18.7. The van der Waals surface area contributed by atoms with Crippen LogP contribution in [0.25, 0.3) is 11.1 Å². The average molecular weight is 480 g/mol. The van der Waals surface area contributed by atoms with Crippen molar-refractivity contribution in [2.75, 3.05) is 0 Å². The van der Waals surface area contributed by atoms with Gasteiger partial charge in [-0.1, -0.05) is 37.3 Å². The Morgan fingerprint density at radius 2 is 1.88 bits per heavy atom. The molecule has 0 radical (unpaired) electrons. The number of nitrogens with two attached hydrogens (primary N) is 1. The quantitative estimate of drug-likeness (QED) is 0.520. The fourth-order valence-electron chi connectivity index (χ4n) is 4.56. The number of benzene rings is 3. The lowest BCUT2D eigenvalue weighted by Gasteiger charge is -2.17. The molecular formula is C26H25NO6S. The van der Waals surface area contributed by atoms with Gasteiger partial charge in [-0.2, -0.15) is 0 Å². The van der Waals surface area contributed by atoms with Crippen molar-refractivity contribution in [2.45, 2.75) is 50.1 Å². The van der Waals surface area contributed by atoms with E-state index in [9.17, 15) is 13.2 Å². The van der Waals surface area contributed by atoms with Crippen molar-refractivity contribution in [2.24, 2.45) is 5.14 Å². The molecule has 7 nitrogen and oxygen atoms in total. The smallest absolute Gasteiger partial charge is 0.308 e. The van der Waals surface area contributed by atoms with Crippen LogP contribution in [0.2, 0.25) is 0 Å². The molecule has 0 saturated heterocycles. The van der Waals surface area contributed by atoms with Gasteiger partial charge in [-0.25, -0.2) is 13.6 Å². The van der Waals surface area contributed by atoms with Gasteiger partial charge < -0.3 is 14.2 Å². The zero-order chi connectivity index (χ0) is 23.9. The highest BCUT2D eigenvalue weighted by atomic mass is 32.2. The monoisotopic (exact) mass is 479 g/mol. The van der Waals surface area contributed by atoms with Gasteiger partial charge in [0.05, 0.1) is 11.5 Å². The maximum Gasteiger partial charge on any atom is 0.308 e. The molecule has 0 unspecified atom stereocenters. The summed E-state index contributed by atoms with van der Waals surface area (Å²) in [7, 11) is -3.73. The van der Waals surface area contributed by atoms with Crippen LogP contribution in [-0.4, -0.2) is 14.4 Å². The van der Waals surface area contributed by atoms with Crippen molar-refractivity contribution in [3.05, 3.63) is 82.9 Å². The molecule has 5 rings (SSSR count). The summed E-state index contributed by atoms with van der Waals surface area (Å²) >= 11 is 0. The van der Waals surface area contributed by atoms with Crippen LogP contribution in [0.4, 0.5) is 0 Å². The molecule has 1 heterocycles. The van der Waals surface area contributed by atoms with Gasteiger partial charge in [0, 0.05) is 12.0 Å². The first-order valence-electron chi connectivity index (χ1n) is 11.2. The van der Waals surface area contributed by atoms with E-state index < -0.39 is 16.3 Å². The topological polar surface area (TPSA) is 105 Å². The second-order valence-corrected chi connectivity index (χ2v) is 10.00. The van der Waals surface area contributed by atoms with Crippen LogP contribution < -0.4 is 9.88 Å². The van der Waals surface area contributed by atoms with Crippen molar-refractivity contribution >= 4 is 16.0 Å². The number of primary sulfonamides is 1. The molecule has 1 aliphatic carbocycles. The molecule has 0 bridgehead atoms. The Labute approximate surface area is 198 Å². The van der Waals surface area contributed by atoms with Crippen LogP contribution >= 0.6 is 0 Å². The second-order valence-electron chi connectivity index (χ2n) is 8.43. The first-order valence-corrected chi connectivity index (χ1v) is 12.7. The first-order chi connectivity index (χ1) is 16.3. The number of esters is 1. The van der Waals surface area contributed by atoms with Crippen LogP contribution in [0.15, 0.2) is 65.6 Å². The highest BCUT2D eigenvalue weighted by Crippen LogP contribution is 2.41. The lowest BCUT2D eigenvalue weighted by molar-refractivity contribution is -0.177. The maximum absolute atomic E-state index is 11.6. The molecule has 0 saturated carbocycles. The van der Waals surface area contributed by atoms with Gasteiger partial charge in [-0.05, 0) is 71.0 Å². The summed E-state index contributed by atoms with van der Waals surface area (Å²) in [5.74, 6) is 0.446. The van der Waals surface area contributed by atoms with E-state index in [1.807, 2.05) is 30.3 Å². The number of rotatable bonds is 6. The highest BCUT2D eigenvalue weighted by Gasteiger charge is 2.29. The van der Waals surface area contributed by atoms with Crippen LogP contribution in [0, 0.1) is 0 Å². The fourth-order valence-corrected chi connectivity index (χ4v) is 5.08. The summed E-state index contributed by atoms with van der Waals surface area (Å²) in [6, 6.07) is 18.5. The largest absolute Gasteiger partial charge is 0.486 e. The third kappa shape index (κ3) is 4.32. The molecule has 0 aromatic heterocycles. The van der Waals surface area contributed by atoms with E-state index in [2.05, 4.69) is 6.07 Å². The summed E-state index contributed by atoms with van der Waals surface area (Å²) in [6.45, 7) is 2.12. The Hall–Kier alpha value is -3.20. The Kier molecular flexibility index (Phi) is 5.89. The summed E-state index contributed by atoms with van der Waals surface area (Å²) in [5.41, 5.74) is 6.13. The van der Waals surface area contributed by atoms with Crippen LogP contribution in [0.3, 0.4) is 0 Å². The average Bonchev–Trinajstić information content (AvgIpc) is 3.42.